The third-order valence-electron chi connectivity index (χ3n) is 4.94. The van der Waals surface area contributed by atoms with E-state index < -0.39 is 11.8 Å². The summed E-state index contributed by atoms with van der Waals surface area (Å²) in [4.78, 5) is 31.4. The maximum Gasteiger partial charge on any atom is 0.409 e. The van der Waals surface area contributed by atoms with Crippen LogP contribution in [0.4, 0.5) is 25.4 Å². The fourth-order valence-corrected chi connectivity index (χ4v) is 3.31. The number of pyridine rings is 1. The number of carbonyl (C=O) groups is 2. The second-order valence-corrected chi connectivity index (χ2v) is 6.70. The van der Waals surface area contributed by atoms with Crippen molar-refractivity contribution in [3.63, 3.8) is 0 Å². The van der Waals surface area contributed by atoms with E-state index >= 15 is 4.39 Å². The Morgan fingerprint density at radius 1 is 1.14 bits per heavy atom. The topological polar surface area (TPSA) is 86.8 Å². The molecule has 1 aromatic carbocycles. The predicted molar refractivity (Wildman–Crippen MR) is 107 cm³/mol. The molecule has 8 nitrogen and oxygen atoms in total. The highest BCUT2D eigenvalue weighted by molar-refractivity contribution is 5.99. The van der Waals surface area contributed by atoms with Crippen molar-refractivity contribution >= 4 is 23.5 Å². The first kappa shape index (κ1) is 20.5. The van der Waals surface area contributed by atoms with Crippen molar-refractivity contribution in [3.8, 4) is 0 Å². The zero-order valence-corrected chi connectivity index (χ0v) is 16.4. The molecule has 0 spiro atoms. The number of amides is 3. The quantitative estimate of drug-likeness (QED) is 0.821. The van der Waals surface area contributed by atoms with Crippen LogP contribution in [0.25, 0.3) is 0 Å². The Morgan fingerprint density at radius 3 is 2.55 bits per heavy atom. The van der Waals surface area contributed by atoms with Gasteiger partial charge in [0.25, 0.3) is 0 Å². The van der Waals surface area contributed by atoms with E-state index in [1.807, 2.05) is 6.92 Å². The molecule has 1 aliphatic heterocycles. The van der Waals surface area contributed by atoms with Crippen LogP contribution in [-0.4, -0.2) is 60.2 Å². The van der Waals surface area contributed by atoms with Crippen LogP contribution in [0.1, 0.15) is 18.5 Å². The molecule has 1 unspecified atom stereocenters. The summed E-state index contributed by atoms with van der Waals surface area (Å²) < 4.78 is 19.8. The number of benzene rings is 1. The van der Waals surface area contributed by atoms with Gasteiger partial charge in [0.2, 0.25) is 0 Å². The van der Waals surface area contributed by atoms with Gasteiger partial charge in [0.15, 0.2) is 5.82 Å². The molecule has 0 aliphatic carbocycles. The number of nitrogens with zero attached hydrogens (tertiary/aromatic N) is 3. The molecule has 1 aromatic heterocycles. The first-order valence-electron chi connectivity index (χ1n) is 9.33. The zero-order chi connectivity index (χ0) is 20.8. The predicted octanol–water partition coefficient (Wildman–Crippen LogP) is 3.31. The lowest BCUT2D eigenvalue weighted by Gasteiger charge is -2.37. The fourth-order valence-electron chi connectivity index (χ4n) is 3.31. The van der Waals surface area contributed by atoms with Crippen molar-refractivity contribution < 1.29 is 18.7 Å². The number of nitrogens with one attached hydrogen (secondary N) is 2. The van der Waals surface area contributed by atoms with Gasteiger partial charge in [-0.2, -0.15) is 0 Å². The molecule has 1 saturated heterocycles. The van der Waals surface area contributed by atoms with E-state index in [9.17, 15) is 9.59 Å². The molecule has 0 radical (unpaired) electrons. The first-order chi connectivity index (χ1) is 14.0. The van der Waals surface area contributed by atoms with E-state index in [2.05, 4.69) is 20.5 Å². The van der Waals surface area contributed by atoms with Crippen LogP contribution in [0.2, 0.25) is 0 Å². The standard InChI is InChI=1S/C20H24FN5O3/c1-14(25-9-11-26(12-10-25)20(28)29-2)16-6-3-7-17(18(16)21)24-19(27)23-15-5-4-8-22-13-15/h3-8,13-14H,9-12H2,1-2H3,(H2,23,24,27). The molecule has 3 amide bonds. The number of aromatic nitrogens is 1. The number of hydrogen-bond donors (Lipinski definition) is 2. The van der Waals surface area contributed by atoms with Crippen LogP contribution in [0, 0.1) is 5.82 Å². The molecule has 154 valence electrons. The van der Waals surface area contributed by atoms with Crippen molar-refractivity contribution in [2.75, 3.05) is 43.9 Å². The maximum absolute atomic E-state index is 15.1. The smallest absolute Gasteiger partial charge is 0.409 e. The van der Waals surface area contributed by atoms with Crippen LogP contribution in [0.5, 0.6) is 0 Å². The maximum atomic E-state index is 15.1. The Bertz CT molecular complexity index is 856. The molecular weight excluding hydrogens is 377 g/mol. The number of hydrogen-bond acceptors (Lipinski definition) is 5. The van der Waals surface area contributed by atoms with E-state index in [0.717, 1.165) is 0 Å². The Kier molecular flexibility index (Phi) is 6.61. The third-order valence-corrected chi connectivity index (χ3v) is 4.94. The molecule has 29 heavy (non-hydrogen) atoms. The van der Waals surface area contributed by atoms with Crippen LogP contribution >= 0.6 is 0 Å². The molecule has 2 heterocycles. The van der Waals surface area contributed by atoms with Crippen LogP contribution in [0.3, 0.4) is 0 Å². The summed E-state index contributed by atoms with van der Waals surface area (Å²) in [5, 5.41) is 5.16. The SMILES string of the molecule is COC(=O)N1CCN(C(C)c2cccc(NC(=O)Nc3cccnc3)c2F)CC1. The van der Waals surface area contributed by atoms with E-state index in [1.54, 1.807) is 35.4 Å². The summed E-state index contributed by atoms with van der Waals surface area (Å²) in [7, 11) is 1.36. The summed E-state index contributed by atoms with van der Waals surface area (Å²) in [6.07, 6.45) is 2.75. The normalized spacial score (nSPS) is 15.5. The number of carbonyl (C=O) groups excluding carboxylic acids is 2. The number of piperazine rings is 1. The van der Waals surface area contributed by atoms with Gasteiger partial charge in [-0.05, 0) is 25.1 Å². The van der Waals surface area contributed by atoms with E-state index in [4.69, 9.17) is 4.74 Å². The first-order valence-corrected chi connectivity index (χ1v) is 9.33. The summed E-state index contributed by atoms with van der Waals surface area (Å²) >= 11 is 0. The largest absolute Gasteiger partial charge is 0.453 e. The van der Waals surface area contributed by atoms with Crippen molar-refractivity contribution in [1.82, 2.24) is 14.8 Å². The Balaban J connectivity index is 1.65. The number of rotatable bonds is 4. The monoisotopic (exact) mass is 401 g/mol. The van der Waals surface area contributed by atoms with Gasteiger partial charge in [0.1, 0.15) is 0 Å². The van der Waals surface area contributed by atoms with Gasteiger partial charge >= 0.3 is 12.1 Å². The highest BCUT2D eigenvalue weighted by Crippen LogP contribution is 2.28. The Hall–Kier alpha value is -3.20. The highest BCUT2D eigenvalue weighted by atomic mass is 19.1. The molecule has 1 fully saturated rings. The third kappa shape index (κ3) is 5.00. The number of halogens is 1. The molecule has 1 aliphatic rings. The highest BCUT2D eigenvalue weighted by Gasteiger charge is 2.27. The molecule has 2 aromatic rings. The Morgan fingerprint density at radius 2 is 1.90 bits per heavy atom. The van der Waals surface area contributed by atoms with Crippen molar-refractivity contribution in [2.45, 2.75) is 13.0 Å². The van der Waals surface area contributed by atoms with E-state index in [1.165, 1.54) is 19.4 Å². The van der Waals surface area contributed by atoms with E-state index in [-0.39, 0.29) is 17.8 Å². The lowest BCUT2D eigenvalue weighted by atomic mass is 10.0. The summed E-state index contributed by atoms with van der Waals surface area (Å²) in [6.45, 7) is 4.16. The van der Waals surface area contributed by atoms with Crippen LogP contribution in [0.15, 0.2) is 42.7 Å². The average molecular weight is 401 g/mol. The number of urea groups is 1. The second kappa shape index (κ2) is 9.33. The van der Waals surface area contributed by atoms with Crippen molar-refractivity contribution in [1.29, 1.82) is 0 Å². The van der Waals surface area contributed by atoms with Gasteiger partial charge in [-0.15, -0.1) is 0 Å². The van der Waals surface area contributed by atoms with Gasteiger partial charge in [-0.3, -0.25) is 9.88 Å². The second-order valence-electron chi connectivity index (χ2n) is 6.70. The summed E-state index contributed by atoms with van der Waals surface area (Å²) in [6, 6.07) is 7.56. The minimum atomic E-state index is -0.548. The molecule has 3 rings (SSSR count). The number of anilines is 2. The molecule has 0 saturated carbocycles. The number of methoxy groups -OCH3 is 1. The van der Waals surface area contributed by atoms with Gasteiger partial charge in [-0.25, -0.2) is 14.0 Å². The number of ether oxygens (including phenoxy) is 1. The molecule has 2 N–H and O–H groups in total. The van der Waals surface area contributed by atoms with Gasteiger partial charge < -0.3 is 20.3 Å². The van der Waals surface area contributed by atoms with Crippen molar-refractivity contribution in [2.24, 2.45) is 0 Å². The van der Waals surface area contributed by atoms with Gasteiger partial charge in [0.05, 0.1) is 24.7 Å². The van der Waals surface area contributed by atoms with Crippen LogP contribution < -0.4 is 10.6 Å². The zero-order valence-electron chi connectivity index (χ0n) is 16.4. The summed E-state index contributed by atoms with van der Waals surface area (Å²) in [5.74, 6) is -0.475. The lowest BCUT2D eigenvalue weighted by Crippen LogP contribution is -2.49. The average Bonchev–Trinajstić information content (AvgIpc) is 2.75. The molecule has 9 heteroatoms. The summed E-state index contributed by atoms with van der Waals surface area (Å²) in [5.41, 5.74) is 1.10. The van der Waals surface area contributed by atoms with Crippen LogP contribution in [-0.2, 0) is 4.74 Å². The van der Waals surface area contributed by atoms with E-state index in [0.29, 0.717) is 37.4 Å². The van der Waals surface area contributed by atoms with Crippen molar-refractivity contribution in [3.05, 3.63) is 54.1 Å². The molecule has 1 atom stereocenters. The fraction of sp³-hybridized carbons (Fsp3) is 0.350. The lowest BCUT2D eigenvalue weighted by molar-refractivity contribution is 0.0771. The van der Waals surface area contributed by atoms with Gasteiger partial charge in [-0.1, -0.05) is 12.1 Å². The minimum Gasteiger partial charge on any atom is -0.453 e. The Labute approximate surface area is 168 Å². The van der Waals surface area contributed by atoms with Gasteiger partial charge in [0, 0.05) is 44.0 Å². The molecular formula is C20H24FN5O3. The minimum absolute atomic E-state index is 0.101. The molecule has 0 bridgehead atoms.